The lowest BCUT2D eigenvalue weighted by Crippen LogP contribution is -2.28. The third-order valence-corrected chi connectivity index (χ3v) is 4.36. The zero-order valence-electron chi connectivity index (χ0n) is 12.8. The van der Waals surface area contributed by atoms with Crippen LogP contribution in [0.15, 0.2) is 48.5 Å². The van der Waals surface area contributed by atoms with Gasteiger partial charge in [0.2, 0.25) is 11.8 Å². The Kier molecular flexibility index (Phi) is 4.35. The average molecular weight is 329 g/mol. The molecular weight excluding hydrogens is 312 g/mol. The highest BCUT2D eigenvalue weighted by Crippen LogP contribution is 2.31. The zero-order chi connectivity index (χ0) is 16.4. The van der Waals surface area contributed by atoms with E-state index in [9.17, 15) is 9.59 Å². The minimum Gasteiger partial charge on any atom is -0.326 e. The summed E-state index contributed by atoms with van der Waals surface area (Å²) in [6.45, 7) is 2.28. The van der Waals surface area contributed by atoms with Crippen LogP contribution in [0.5, 0.6) is 0 Å². The lowest BCUT2D eigenvalue weighted by Gasteiger charge is -2.18. The van der Waals surface area contributed by atoms with Crippen molar-refractivity contribution in [3.8, 4) is 0 Å². The second kappa shape index (κ2) is 6.42. The Morgan fingerprint density at radius 2 is 1.87 bits per heavy atom. The molecule has 0 saturated carbocycles. The van der Waals surface area contributed by atoms with E-state index in [-0.39, 0.29) is 24.2 Å². The summed E-state index contributed by atoms with van der Waals surface area (Å²) in [6.07, 6.45) is 0.197. The number of nitrogens with zero attached hydrogens (tertiary/aromatic N) is 1. The molecule has 3 rings (SSSR count). The van der Waals surface area contributed by atoms with Gasteiger partial charge in [0.25, 0.3) is 0 Å². The third-order valence-electron chi connectivity index (χ3n) is 4.04. The van der Waals surface area contributed by atoms with Crippen molar-refractivity contribution in [3.05, 3.63) is 59.1 Å². The van der Waals surface area contributed by atoms with Crippen molar-refractivity contribution in [3.63, 3.8) is 0 Å². The van der Waals surface area contributed by atoms with Crippen molar-refractivity contribution in [2.45, 2.75) is 13.3 Å². The van der Waals surface area contributed by atoms with Gasteiger partial charge >= 0.3 is 0 Å². The fourth-order valence-corrected chi connectivity index (χ4v) is 2.97. The maximum atomic E-state index is 12.5. The van der Waals surface area contributed by atoms with Crippen molar-refractivity contribution in [2.24, 2.45) is 5.92 Å². The van der Waals surface area contributed by atoms with E-state index in [4.69, 9.17) is 11.6 Å². The molecule has 1 saturated heterocycles. The number of hydrogen-bond acceptors (Lipinski definition) is 2. The number of nitrogens with one attached hydrogen (secondary N) is 1. The standard InChI is InChI=1S/C18H17ClN2O2/c1-12-6-2-4-8-15(12)20-18(23)13-10-17(22)21(11-13)16-9-5-3-7-14(16)19/h2-9,13H,10-11H2,1H3,(H,20,23). The van der Waals surface area contributed by atoms with E-state index < -0.39 is 0 Å². The van der Waals surface area contributed by atoms with Gasteiger partial charge < -0.3 is 10.2 Å². The van der Waals surface area contributed by atoms with Crippen molar-refractivity contribution < 1.29 is 9.59 Å². The SMILES string of the molecule is Cc1ccccc1NC(=O)C1CC(=O)N(c2ccccc2Cl)C1. The van der Waals surface area contributed by atoms with Gasteiger partial charge in [0, 0.05) is 18.7 Å². The minimum absolute atomic E-state index is 0.0805. The highest BCUT2D eigenvalue weighted by molar-refractivity contribution is 6.33. The van der Waals surface area contributed by atoms with Gasteiger partial charge in [-0.2, -0.15) is 0 Å². The number of carbonyl (C=O) groups is 2. The molecule has 1 aliphatic heterocycles. The van der Waals surface area contributed by atoms with Crippen LogP contribution in [-0.2, 0) is 9.59 Å². The van der Waals surface area contributed by atoms with Gasteiger partial charge in [0.15, 0.2) is 0 Å². The fourth-order valence-electron chi connectivity index (χ4n) is 2.73. The van der Waals surface area contributed by atoms with Gasteiger partial charge in [0.1, 0.15) is 0 Å². The fraction of sp³-hybridized carbons (Fsp3) is 0.222. The molecular formula is C18H17ClN2O2. The molecule has 1 aliphatic rings. The molecule has 5 heteroatoms. The summed E-state index contributed by atoms with van der Waals surface area (Å²) >= 11 is 6.15. The normalized spacial score (nSPS) is 17.4. The summed E-state index contributed by atoms with van der Waals surface area (Å²) in [5.41, 5.74) is 2.43. The number of para-hydroxylation sites is 2. The Balaban J connectivity index is 1.74. The van der Waals surface area contributed by atoms with Crippen LogP contribution >= 0.6 is 11.6 Å². The Bertz CT molecular complexity index is 760. The van der Waals surface area contributed by atoms with Crippen LogP contribution in [0, 0.1) is 12.8 Å². The molecule has 0 aromatic heterocycles. The summed E-state index contributed by atoms with van der Waals surface area (Å²) in [5, 5.41) is 3.42. The molecule has 0 spiro atoms. The number of halogens is 1. The van der Waals surface area contributed by atoms with Crippen molar-refractivity contribution in [1.29, 1.82) is 0 Å². The average Bonchev–Trinajstić information content (AvgIpc) is 2.92. The summed E-state index contributed by atoms with van der Waals surface area (Å²) in [5.74, 6) is -0.594. The first-order valence-electron chi connectivity index (χ1n) is 7.47. The van der Waals surface area contributed by atoms with E-state index in [0.29, 0.717) is 17.3 Å². The maximum absolute atomic E-state index is 12.5. The van der Waals surface area contributed by atoms with Crippen LogP contribution in [0.3, 0.4) is 0 Å². The first-order valence-corrected chi connectivity index (χ1v) is 7.85. The molecule has 1 N–H and O–H groups in total. The number of rotatable bonds is 3. The van der Waals surface area contributed by atoms with Crippen LogP contribution in [0.1, 0.15) is 12.0 Å². The van der Waals surface area contributed by atoms with Crippen molar-refractivity contribution >= 4 is 34.8 Å². The van der Waals surface area contributed by atoms with Crippen LogP contribution in [0.4, 0.5) is 11.4 Å². The van der Waals surface area contributed by atoms with Crippen LogP contribution in [-0.4, -0.2) is 18.4 Å². The van der Waals surface area contributed by atoms with Crippen molar-refractivity contribution in [2.75, 3.05) is 16.8 Å². The Hall–Kier alpha value is -2.33. The number of carbonyl (C=O) groups excluding carboxylic acids is 2. The molecule has 2 aromatic carbocycles. The van der Waals surface area contributed by atoms with Gasteiger partial charge in [-0.15, -0.1) is 0 Å². The van der Waals surface area contributed by atoms with E-state index in [2.05, 4.69) is 5.32 Å². The van der Waals surface area contributed by atoms with E-state index in [1.165, 1.54) is 0 Å². The topological polar surface area (TPSA) is 49.4 Å². The molecule has 1 atom stereocenters. The van der Waals surface area contributed by atoms with E-state index in [1.54, 1.807) is 17.0 Å². The largest absolute Gasteiger partial charge is 0.326 e. The quantitative estimate of drug-likeness (QED) is 0.935. The second-order valence-electron chi connectivity index (χ2n) is 5.66. The molecule has 2 aromatic rings. The highest BCUT2D eigenvalue weighted by atomic mass is 35.5. The van der Waals surface area contributed by atoms with E-state index in [0.717, 1.165) is 11.3 Å². The summed E-state index contributed by atoms with van der Waals surface area (Å²) < 4.78 is 0. The number of hydrogen-bond donors (Lipinski definition) is 1. The summed E-state index contributed by atoms with van der Waals surface area (Å²) in [7, 11) is 0. The Morgan fingerprint density at radius 3 is 2.61 bits per heavy atom. The zero-order valence-corrected chi connectivity index (χ0v) is 13.5. The highest BCUT2D eigenvalue weighted by Gasteiger charge is 2.35. The monoisotopic (exact) mass is 328 g/mol. The van der Waals surface area contributed by atoms with Gasteiger partial charge in [-0.25, -0.2) is 0 Å². The molecule has 0 bridgehead atoms. The number of aryl methyl sites for hydroxylation is 1. The Morgan fingerprint density at radius 1 is 1.17 bits per heavy atom. The van der Waals surface area contributed by atoms with Gasteiger partial charge in [-0.1, -0.05) is 41.9 Å². The summed E-state index contributed by atoms with van der Waals surface area (Å²) in [6, 6.07) is 14.8. The number of benzene rings is 2. The van der Waals surface area contributed by atoms with Gasteiger partial charge in [0.05, 0.1) is 16.6 Å². The van der Waals surface area contributed by atoms with Crippen LogP contribution in [0.2, 0.25) is 5.02 Å². The molecule has 118 valence electrons. The molecule has 0 aliphatic carbocycles. The lowest BCUT2D eigenvalue weighted by atomic mass is 10.1. The third kappa shape index (κ3) is 3.22. The van der Waals surface area contributed by atoms with Gasteiger partial charge in [-0.3, -0.25) is 9.59 Å². The van der Waals surface area contributed by atoms with Crippen LogP contribution < -0.4 is 10.2 Å². The van der Waals surface area contributed by atoms with E-state index >= 15 is 0 Å². The maximum Gasteiger partial charge on any atom is 0.229 e. The second-order valence-corrected chi connectivity index (χ2v) is 6.07. The molecule has 23 heavy (non-hydrogen) atoms. The first kappa shape index (κ1) is 15.6. The first-order chi connectivity index (χ1) is 11.1. The minimum atomic E-state index is -0.377. The molecule has 4 nitrogen and oxygen atoms in total. The van der Waals surface area contributed by atoms with Crippen LogP contribution in [0.25, 0.3) is 0 Å². The molecule has 2 amide bonds. The predicted molar refractivity (Wildman–Crippen MR) is 91.7 cm³/mol. The number of amides is 2. The molecule has 0 radical (unpaired) electrons. The predicted octanol–water partition coefficient (Wildman–Crippen LogP) is 3.64. The molecule has 1 fully saturated rings. The number of anilines is 2. The summed E-state index contributed by atoms with van der Waals surface area (Å²) in [4.78, 5) is 26.3. The van der Waals surface area contributed by atoms with Gasteiger partial charge in [-0.05, 0) is 30.7 Å². The van der Waals surface area contributed by atoms with E-state index in [1.807, 2.05) is 43.3 Å². The smallest absolute Gasteiger partial charge is 0.229 e. The molecule has 1 unspecified atom stereocenters. The Labute approximate surface area is 140 Å². The van der Waals surface area contributed by atoms with Crippen molar-refractivity contribution in [1.82, 2.24) is 0 Å². The lowest BCUT2D eigenvalue weighted by molar-refractivity contribution is -0.122. The molecule has 1 heterocycles.